The van der Waals surface area contributed by atoms with Crippen molar-refractivity contribution < 1.29 is 4.74 Å². The molecule has 1 aromatic heterocycles. The minimum atomic E-state index is 0.517. The van der Waals surface area contributed by atoms with Gasteiger partial charge in [0.1, 0.15) is 6.33 Å². The minimum Gasteiger partial charge on any atom is -0.398 e. The topological polar surface area (TPSA) is 66.0 Å². The molecule has 0 atom stereocenters. The van der Waals surface area contributed by atoms with Crippen molar-refractivity contribution in [3.05, 3.63) is 29.5 Å². The van der Waals surface area contributed by atoms with E-state index >= 15 is 0 Å². The zero-order valence-corrected chi connectivity index (χ0v) is 10.2. The van der Waals surface area contributed by atoms with Gasteiger partial charge >= 0.3 is 0 Å². The number of nitrogens with two attached hydrogens (primary N) is 1. The summed E-state index contributed by atoms with van der Waals surface area (Å²) in [5, 5.41) is 8.47. The molecule has 2 aromatic rings. The molecule has 0 bridgehead atoms. The van der Waals surface area contributed by atoms with E-state index in [1.165, 1.54) is 0 Å². The smallest absolute Gasteiger partial charge is 0.163 e. The highest BCUT2D eigenvalue weighted by Crippen LogP contribution is 2.25. The van der Waals surface area contributed by atoms with Gasteiger partial charge in [0.25, 0.3) is 0 Å². The molecule has 2 N–H and O–H groups in total. The van der Waals surface area contributed by atoms with E-state index in [1.807, 2.05) is 10.6 Å². The first-order valence-corrected chi connectivity index (χ1v) is 5.52. The van der Waals surface area contributed by atoms with Crippen molar-refractivity contribution in [1.82, 2.24) is 14.8 Å². The normalized spacial score (nSPS) is 10.7. The van der Waals surface area contributed by atoms with Gasteiger partial charge in [-0.25, -0.2) is 0 Å². The van der Waals surface area contributed by atoms with Crippen molar-refractivity contribution in [3.8, 4) is 11.4 Å². The number of hydrogen-bond donors (Lipinski definition) is 1. The average molecular weight is 253 g/mol. The van der Waals surface area contributed by atoms with Crippen LogP contribution in [0.2, 0.25) is 5.02 Å². The molecular formula is C11H13ClN4O. The second kappa shape index (κ2) is 5.16. The number of methoxy groups -OCH3 is 1. The molecule has 0 unspecified atom stereocenters. The summed E-state index contributed by atoms with van der Waals surface area (Å²) < 4.78 is 6.93. The number of benzene rings is 1. The zero-order valence-electron chi connectivity index (χ0n) is 9.43. The van der Waals surface area contributed by atoms with Crippen molar-refractivity contribution in [3.63, 3.8) is 0 Å². The SMILES string of the molecule is COCCn1cnnc1-c1ccc(N)c(Cl)c1. The Morgan fingerprint density at radius 3 is 3.00 bits per heavy atom. The third-order valence-corrected chi connectivity index (χ3v) is 2.74. The van der Waals surface area contributed by atoms with Gasteiger partial charge in [-0.3, -0.25) is 0 Å². The summed E-state index contributed by atoms with van der Waals surface area (Å²) in [5.41, 5.74) is 7.11. The Labute approximate surface area is 104 Å². The molecule has 1 heterocycles. The van der Waals surface area contributed by atoms with Crippen LogP contribution < -0.4 is 5.73 Å². The maximum atomic E-state index is 5.98. The fraction of sp³-hybridized carbons (Fsp3) is 0.273. The largest absolute Gasteiger partial charge is 0.398 e. The fourth-order valence-electron chi connectivity index (χ4n) is 1.50. The van der Waals surface area contributed by atoms with Gasteiger partial charge < -0.3 is 15.0 Å². The third kappa shape index (κ3) is 2.57. The van der Waals surface area contributed by atoms with Gasteiger partial charge in [0.2, 0.25) is 0 Å². The van der Waals surface area contributed by atoms with E-state index < -0.39 is 0 Å². The first-order chi connectivity index (χ1) is 8.22. The van der Waals surface area contributed by atoms with E-state index in [-0.39, 0.29) is 0 Å². The first kappa shape index (κ1) is 11.9. The maximum absolute atomic E-state index is 5.98. The number of anilines is 1. The summed E-state index contributed by atoms with van der Waals surface area (Å²) in [6.07, 6.45) is 1.67. The van der Waals surface area contributed by atoms with Crippen LogP contribution in [-0.4, -0.2) is 28.5 Å². The van der Waals surface area contributed by atoms with Gasteiger partial charge in [0.05, 0.1) is 17.3 Å². The highest BCUT2D eigenvalue weighted by molar-refractivity contribution is 6.33. The molecule has 17 heavy (non-hydrogen) atoms. The first-order valence-electron chi connectivity index (χ1n) is 5.14. The van der Waals surface area contributed by atoms with Gasteiger partial charge in [0.15, 0.2) is 5.82 Å². The summed E-state index contributed by atoms with van der Waals surface area (Å²) in [6, 6.07) is 5.41. The predicted octanol–water partition coefficient (Wildman–Crippen LogP) is 1.83. The predicted molar refractivity (Wildman–Crippen MR) is 66.8 cm³/mol. The van der Waals surface area contributed by atoms with E-state index in [1.54, 1.807) is 25.6 Å². The molecule has 0 aliphatic rings. The standard InChI is InChI=1S/C11H13ClN4O/c1-17-5-4-16-7-14-15-11(16)8-2-3-10(13)9(12)6-8/h2-3,6-7H,4-5,13H2,1H3. The molecule has 6 heteroatoms. The van der Waals surface area contributed by atoms with Gasteiger partial charge in [-0.15, -0.1) is 10.2 Å². The van der Waals surface area contributed by atoms with Crippen LogP contribution in [-0.2, 0) is 11.3 Å². The number of hydrogen-bond acceptors (Lipinski definition) is 4. The molecule has 0 spiro atoms. The maximum Gasteiger partial charge on any atom is 0.163 e. The van der Waals surface area contributed by atoms with Gasteiger partial charge in [0, 0.05) is 19.2 Å². The van der Waals surface area contributed by atoms with Gasteiger partial charge in [-0.1, -0.05) is 11.6 Å². The van der Waals surface area contributed by atoms with Crippen molar-refractivity contribution in [2.75, 3.05) is 19.5 Å². The van der Waals surface area contributed by atoms with Crippen molar-refractivity contribution >= 4 is 17.3 Å². The molecule has 0 aliphatic carbocycles. The molecular weight excluding hydrogens is 240 g/mol. The van der Waals surface area contributed by atoms with Crippen molar-refractivity contribution in [2.24, 2.45) is 0 Å². The Bertz CT molecular complexity index is 512. The molecule has 2 rings (SSSR count). The number of nitrogen functional groups attached to an aromatic ring is 1. The molecule has 0 saturated heterocycles. The molecule has 0 radical (unpaired) electrons. The van der Waals surface area contributed by atoms with E-state index in [2.05, 4.69) is 10.2 Å². The molecule has 0 saturated carbocycles. The minimum absolute atomic E-state index is 0.517. The molecule has 0 aliphatic heterocycles. The van der Waals surface area contributed by atoms with E-state index in [9.17, 15) is 0 Å². The monoisotopic (exact) mass is 252 g/mol. The molecule has 1 aromatic carbocycles. The van der Waals surface area contributed by atoms with Gasteiger partial charge in [-0.05, 0) is 18.2 Å². The van der Waals surface area contributed by atoms with Crippen LogP contribution >= 0.6 is 11.6 Å². The molecule has 0 amide bonds. The van der Waals surface area contributed by atoms with Crippen LogP contribution in [0.3, 0.4) is 0 Å². The number of rotatable bonds is 4. The lowest BCUT2D eigenvalue weighted by Crippen LogP contribution is -2.05. The van der Waals surface area contributed by atoms with Crippen LogP contribution in [0.25, 0.3) is 11.4 Å². The molecule has 5 nitrogen and oxygen atoms in total. The number of ether oxygens (including phenoxy) is 1. The second-order valence-corrected chi connectivity index (χ2v) is 3.98. The number of aromatic nitrogens is 3. The van der Waals surface area contributed by atoms with Crippen molar-refractivity contribution in [1.29, 1.82) is 0 Å². The van der Waals surface area contributed by atoms with Crippen LogP contribution in [0.15, 0.2) is 24.5 Å². The Morgan fingerprint density at radius 2 is 2.29 bits per heavy atom. The van der Waals surface area contributed by atoms with Crippen LogP contribution in [0.1, 0.15) is 0 Å². The van der Waals surface area contributed by atoms with Crippen LogP contribution in [0, 0.1) is 0 Å². The average Bonchev–Trinajstić information content (AvgIpc) is 2.78. The Hall–Kier alpha value is -1.59. The lowest BCUT2D eigenvalue weighted by Gasteiger charge is -2.06. The Morgan fingerprint density at radius 1 is 1.47 bits per heavy atom. The number of halogens is 1. The van der Waals surface area contributed by atoms with E-state index in [4.69, 9.17) is 22.1 Å². The molecule has 0 fully saturated rings. The summed E-state index contributed by atoms with van der Waals surface area (Å²) >= 11 is 5.98. The Kier molecular flexibility index (Phi) is 3.61. The Balaban J connectivity index is 2.32. The highest BCUT2D eigenvalue weighted by atomic mass is 35.5. The highest BCUT2D eigenvalue weighted by Gasteiger charge is 2.08. The summed E-state index contributed by atoms with van der Waals surface area (Å²) in [7, 11) is 1.66. The fourth-order valence-corrected chi connectivity index (χ4v) is 1.68. The molecule has 90 valence electrons. The van der Waals surface area contributed by atoms with E-state index in [0.717, 1.165) is 11.4 Å². The lowest BCUT2D eigenvalue weighted by molar-refractivity contribution is 0.187. The van der Waals surface area contributed by atoms with Crippen LogP contribution in [0.4, 0.5) is 5.69 Å². The van der Waals surface area contributed by atoms with Crippen LogP contribution in [0.5, 0.6) is 0 Å². The summed E-state index contributed by atoms with van der Waals surface area (Å²) in [4.78, 5) is 0. The van der Waals surface area contributed by atoms with Gasteiger partial charge in [-0.2, -0.15) is 0 Å². The zero-order chi connectivity index (χ0) is 12.3. The summed E-state index contributed by atoms with van der Waals surface area (Å²) in [5.74, 6) is 0.754. The second-order valence-electron chi connectivity index (χ2n) is 3.58. The lowest BCUT2D eigenvalue weighted by atomic mass is 10.2. The quantitative estimate of drug-likeness (QED) is 0.843. The number of nitrogens with zero attached hydrogens (tertiary/aromatic N) is 3. The third-order valence-electron chi connectivity index (χ3n) is 2.41. The van der Waals surface area contributed by atoms with Crippen molar-refractivity contribution in [2.45, 2.75) is 6.54 Å². The summed E-state index contributed by atoms with van der Waals surface area (Å²) in [6.45, 7) is 1.30. The van der Waals surface area contributed by atoms with E-state index in [0.29, 0.717) is 23.9 Å².